The van der Waals surface area contributed by atoms with Crippen LogP contribution in [0.2, 0.25) is 0 Å². The Morgan fingerprint density at radius 3 is 2.75 bits per heavy atom. The van der Waals surface area contributed by atoms with E-state index in [2.05, 4.69) is 12.2 Å². The second-order valence-corrected chi connectivity index (χ2v) is 1.84. The van der Waals surface area contributed by atoms with Gasteiger partial charge in [0.2, 0.25) is 7.85 Å². The standard InChI is InChI=1S/C5H12BNO/c1-2-3-4-7-5(6)8/h2-4,6H2,1H3,(H,7,8). The van der Waals surface area contributed by atoms with E-state index in [9.17, 15) is 4.79 Å². The van der Waals surface area contributed by atoms with Gasteiger partial charge < -0.3 is 5.32 Å². The van der Waals surface area contributed by atoms with Gasteiger partial charge in [0.05, 0.1) is 0 Å². The monoisotopic (exact) mass is 113 g/mol. The average Bonchev–Trinajstić information content (AvgIpc) is 1.66. The van der Waals surface area contributed by atoms with Gasteiger partial charge in [0.15, 0.2) is 5.81 Å². The predicted octanol–water partition coefficient (Wildman–Crippen LogP) is 0.129. The molecule has 8 heavy (non-hydrogen) atoms. The van der Waals surface area contributed by atoms with Gasteiger partial charge in [-0.1, -0.05) is 13.3 Å². The minimum atomic E-state index is 0.0680. The molecule has 0 radical (unpaired) electrons. The molecule has 0 unspecified atom stereocenters. The van der Waals surface area contributed by atoms with Gasteiger partial charge in [-0.15, -0.1) is 0 Å². The van der Waals surface area contributed by atoms with E-state index in [1.165, 1.54) is 7.85 Å². The summed E-state index contributed by atoms with van der Waals surface area (Å²) < 4.78 is 0. The van der Waals surface area contributed by atoms with Gasteiger partial charge in [0, 0.05) is 6.54 Å². The number of hydrogen-bond acceptors (Lipinski definition) is 1. The van der Waals surface area contributed by atoms with Crippen LogP contribution in [0.25, 0.3) is 0 Å². The molecule has 0 saturated carbocycles. The number of hydrogen-bond donors (Lipinski definition) is 1. The lowest BCUT2D eigenvalue weighted by molar-refractivity contribution is 0.259. The Bertz CT molecular complexity index is 74.8. The number of carbonyl (C=O) groups excluding carboxylic acids is 1. The maximum absolute atomic E-state index is 10.2. The van der Waals surface area contributed by atoms with Crippen LogP contribution in [0.5, 0.6) is 0 Å². The number of nitrogens with one attached hydrogen (secondary N) is 1. The zero-order chi connectivity index (χ0) is 6.41. The second-order valence-electron chi connectivity index (χ2n) is 1.84. The van der Waals surface area contributed by atoms with Crippen LogP contribution in [-0.4, -0.2) is 20.2 Å². The molecular formula is C5H12BNO. The first kappa shape index (κ1) is 7.53. The Hall–Kier alpha value is -0.465. The molecule has 0 fully saturated rings. The van der Waals surface area contributed by atoms with Gasteiger partial charge in [-0.3, -0.25) is 4.79 Å². The molecule has 0 bridgehead atoms. The van der Waals surface area contributed by atoms with Gasteiger partial charge in [-0.25, -0.2) is 0 Å². The van der Waals surface area contributed by atoms with Crippen molar-refractivity contribution in [3.05, 3.63) is 0 Å². The van der Waals surface area contributed by atoms with Crippen molar-refractivity contribution in [1.82, 2.24) is 5.32 Å². The van der Waals surface area contributed by atoms with Crippen molar-refractivity contribution < 1.29 is 4.79 Å². The third-order valence-corrected chi connectivity index (χ3v) is 0.904. The summed E-state index contributed by atoms with van der Waals surface area (Å²) in [5.41, 5.74) is 0. The maximum Gasteiger partial charge on any atom is 0.215 e. The first-order valence-corrected chi connectivity index (χ1v) is 3.01. The van der Waals surface area contributed by atoms with E-state index in [1.54, 1.807) is 0 Å². The molecule has 46 valence electrons. The lowest BCUT2D eigenvalue weighted by Gasteiger charge is -1.96. The summed E-state index contributed by atoms with van der Waals surface area (Å²) in [5, 5.41) is 2.71. The molecule has 0 aromatic carbocycles. The molecule has 0 spiro atoms. The van der Waals surface area contributed by atoms with Crippen LogP contribution >= 0.6 is 0 Å². The summed E-state index contributed by atoms with van der Waals surface area (Å²) in [6, 6.07) is 0. The normalized spacial score (nSPS) is 8.62. The van der Waals surface area contributed by atoms with E-state index >= 15 is 0 Å². The number of carbonyl (C=O) groups is 1. The Kier molecular flexibility index (Phi) is 4.42. The number of amides is 1. The summed E-state index contributed by atoms with van der Waals surface area (Å²) in [6.45, 7) is 2.92. The molecule has 0 aromatic rings. The molecule has 2 nitrogen and oxygen atoms in total. The number of unbranched alkanes of at least 4 members (excludes halogenated alkanes) is 1. The summed E-state index contributed by atoms with van der Waals surface area (Å²) >= 11 is 0. The van der Waals surface area contributed by atoms with Crippen molar-refractivity contribution in [3.63, 3.8) is 0 Å². The largest absolute Gasteiger partial charge is 0.365 e. The molecular weight excluding hydrogens is 101 g/mol. The van der Waals surface area contributed by atoms with Crippen LogP contribution in [0.15, 0.2) is 0 Å². The van der Waals surface area contributed by atoms with Crippen molar-refractivity contribution in [1.29, 1.82) is 0 Å². The fourth-order valence-electron chi connectivity index (χ4n) is 0.441. The SMILES string of the molecule is BC(=O)NCCCC. The van der Waals surface area contributed by atoms with Crippen LogP contribution in [0.1, 0.15) is 19.8 Å². The van der Waals surface area contributed by atoms with Gasteiger partial charge in [0.25, 0.3) is 0 Å². The molecule has 0 heterocycles. The highest BCUT2D eigenvalue weighted by Gasteiger charge is 1.85. The molecule has 0 aromatic heterocycles. The summed E-state index contributed by atoms with van der Waals surface area (Å²) in [7, 11) is 1.54. The molecule has 1 amide bonds. The smallest absolute Gasteiger partial charge is 0.215 e. The van der Waals surface area contributed by atoms with Gasteiger partial charge in [0.1, 0.15) is 0 Å². The lowest BCUT2D eigenvalue weighted by atomic mass is 10.1. The van der Waals surface area contributed by atoms with E-state index < -0.39 is 0 Å². The molecule has 0 rings (SSSR count). The van der Waals surface area contributed by atoms with Crippen molar-refractivity contribution in [3.8, 4) is 0 Å². The van der Waals surface area contributed by atoms with Gasteiger partial charge >= 0.3 is 0 Å². The maximum atomic E-state index is 10.2. The van der Waals surface area contributed by atoms with Crippen LogP contribution in [0.3, 0.4) is 0 Å². The lowest BCUT2D eigenvalue weighted by Crippen LogP contribution is -2.22. The van der Waals surface area contributed by atoms with E-state index in [4.69, 9.17) is 0 Å². The van der Waals surface area contributed by atoms with Crippen LogP contribution in [-0.2, 0) is 0 Å². The quantitative estimate of drug-likeness (QED) is 0.409. The highest BCUT2D eigenvalue weighted by Crippen LogP contribution is 1.80. The number of rotatable bonds is 3. The predicted molar refractivity (Wildman–Crippen MR) is 36.9 cm³/mol. The van der Waals surface area contributed by atoms with E-state index in [1.807, 2.05) is 0 Å². The summed E-state index contributed by atoms with van der Waals surface area (Å²) in [6.07, 6.45) is 2.22. The molecule has 1 N–H and O–H groups in total. The zero-order valence-electron chi connectivity index (χ0n) is 5.53. The first-order valence-electron chi connectivity index (χ1n) is 3.01. The van der Waals surface area contributed by atoms with Crippen LogP contribution < -0.4 is 5.32 Å². The highest BCUT2D eigenvalue weighted by atomic mass is 16.1. The highest BCUT2D eigenvalue weighted by molar-refractivity contribution is 6.57. The minimum absolute atomic E-state index is 0.0680. The molecule has 0 aliphatic carbocycles. The third kappa shape index (κ3) is 5.53. The molecule has 3 heteroatoms. The third-order valence-electron chi connectivity index (χ3n) is 0.904. The molecule has 0 saturated heterocycles. The fraction of sp³-hybridized carbons (Fsp3) is 0.800. The van der Waals surface area contributed by atoms with Crippen molar-refractivity contribution in [2.45, 2.75) is 19.8 Å². The van der Waals surface area contributed by atoms with Crippen molar-refractivity contribution in [2.75, 3.05) is 6.54 Å². The Morgan fingerprint density at radius 2 is 2.38 bits per heavy atom. The van der Waals surface area contributed by atoms with E-state index in [0.29, 0.717) is 0 Å². The molecule has 0 atom stereocenters. The van der Waals surface area contributed by atoms with Crippen LogP contribution in [0.4, 0.5) is 4.79 Å². The minimum Gasteiger partial charge on any atom is -0.365 e. The van der Waals surface area contributed by atoms with E-state index in [-0.39, 0.29) is 5.81 Å². The fourth-order valence-corrected chi connectivity index (χ4v) is 0.441. The first-order chi connectivity index (χ1) is 3.77. The second kappa shape index (κ2) is 4.69. The zero-order valence-corrected chi connectivity index (χ0v) is 5.53. The van der Waals surface area contributed by atoms with Gasteiger partial charge in [-0.05, 0) is 6.42 Å². The van der Waals surface area contributed by atoms with Gasteiger partial charge in [-0.2, -0.15) is 0 Å². The molecule has 0 aliphatic heterocycles. The molecule has 0 aliphatic rings. The van der Waals surface area contributed by atoms with Crippen molar-refractivity contribution in [2.24, 2.45) is 0 Å². The topological polar surface area (TPSA) is 29.1 Å². The average molecular weight is 113 g/mol. The van der Waals surface area contributed by atoms with E-state index in [0.717, 1.165) is 19.4 Å². The van der Waals surface area contributed by atoms with Crippen molar-refractivity contribution >= 4 is 13.7 Å². The Balaban J connectivity index is 2.82. The Morgan fingerprint density at radius 1 is 1.75 bits per heavy atom. The summed E-state index contributed by atoms with van der Waals surface area (Å²) in [4.78, 5) is 10.2. The summed E-state index contributed by atoms with van der Waals surface area (Å²) in [5.74, 6) is 0.0680. The van der Waals surface area contributed by atoms with Crippen LogP contribution in [0, 0.1) is 0 Å². The Labute approximate surface area is 51.1 Å².